The van der Waals surface area contributed by atoms with E-state index < -0.39 is 12.1 Å². The highest BCUT2D eigenvalue weighted by Crippen LogP contribution is 2.27. The largest absolute Gasteiger partial charge is 0.465 e. The number of ether oxygens (including phenoxy) is 2. The van der Waals surface area contributed by atoms with E-state index in [-0.39, 0.29) is 11.1 Å². The van der Waals surface area contributed by atoms with Crippen LogP contribution in [0.2, 0.25) is 5.02 Å². The van der Waals surface area contributed by atoms with Gasteiger partial charge in [-0.3, -0.25) is 4.90 Å². The number of benzene rings is 1. The minimum atomic E-state index is -0.511. The van der Waals surface area contributed by atoms with Gasteiger partial charge in [-0.1, -0.05) is 11.6 Å². The first kappa shape index (κ1) is 15.3. The van der Waals surface area contributed by atoms with Crippen LogP contribution in [0.5, 0.6) is 0 Å². The lowest BCUT2D eigenvalue weighted by atomic mass is 10.2. The van der Waals surface area contributed by atoms with Gasteiger partial charge < -0.3 is 9.47 Å². The lowest BCUT2D eigenvalue weighted by Crippen LogP contribution is -2.29. The van der Waals surface area contributed by atoms with Crippen molar-refractivity contribution in [1.29, 1.82) is 0 Å². The number of amides is 1. The molecule has 1 rings (SSSR count). The normalized spacial score (nSPS) is 10.2. The van der Waals surface area contributed by atoms with E-state index in [1.807, 2.05) is 0 Å². The summed E-state index contributed by atoms with van der Waals surface area (Å²) in [7, 11) is 2.83. The highest BCUT2D eigenvalue weighted by atomic mass is 35.5. The number of anilines is 1. The maximum Gasteiger partial charge on any atom is 0.414 e. The molecular weight excluding hydrogens is 270 g/mol. The molecule has 0 heterocycles. The Balaban J connectivity index is 2.96. The second kappa shape index (κ2) is 6.43. The summed E-state index contributed by atoms with van der Waals surface area (Å²) in [6.07, 6.45) is -0.731. The summed E-state index contributed by atoms with van der Waals surface area (Å²) >= 11 is 6.05. The molecule has 6 heteroatoms. The smallest absolute Gasteiger partial charge is 0.414 e. The zero-order chi connectivity index (χ0) is 14.6. The van der Waals surface area contributed by atoms with Gasteiger partial charge in [0.1, 0.15) is 0 Å². The van der Waals surface area contributed by atoms with Crippen molar-refractivity contribution in [3.05, 3.63) is 28.8 Å². The molecule has 19 heavy (non-hydrogen) atoms. The Morgan fingerprint density at radius 1 is 1.32 bits per heavy atom. The number of halogens is 1. The Hall–Kier alpha value is -1.75. The topological polar surface area (TPSA) is 55.8 Å². The number of hydrogen-bond acceptors (Lipinski definition) is 4. The van der Waals surface area contributed by atoms with Crippen LogP contribution in [-0.2, 0) is 9.47 Å². The van der Waals surface area contributed by atoms with Crippen molar-refractivity contribution in [2.24, 2.45) is 0 Å². The van der Waals surface area contributed by atoms with Crippen molar-refractivity contribution in [1.82, 2.24) is 0 Å². The predicted octanol–water partition coefficient (Wildman–Crippen LogP) is 3.11. The van der Waals surface area contributed by atoms with Gasteiger partial charge in [0.25, 0.3) is 0 Å². The van der Waals surface area contributed by atoms with Crippen LogP contribution in [0.4, 0.5) is 10.5 Å². The molecule has 0 aliphatic rings. The van der Waals surface area contributed by atoms with Gasteiger partial charge in [0.05, 0.1) is 29.5 Å². The van der Waals surface area contributed by atoms with Crippen LogP contribution in [-0.4, -0.2) is 32.3 Å². The highest BCUT2D eigenvalue weighted by molar-refractivity contribution is 6.34. The number of carbonyl (C=O) groups excluding carboxylic acids is 2. The predicted molar refractivity (Wildman–Crippen MR) is 72.8 cm³/mol. The molecule has 0 bridgehead atoms. The van der Waals surface area contributed by atoms with Crippen molar-refractivity contribution in [3.63, 3.8) is 0 Å². The molecule has 1 aromatic rings. The summed E-state index contributed by atoms with van der Waals surface area (Å²) in [5.41, 5.74) is 0.779. The van der Waals surface area contributed by atoms with E-state index in [0.29, 0.717) is 11.3 Å². The Labute approximate surface area is 117 Å². The molecule has 1 amide bonds. The van der Waals surface area contributed by atoms with E-state index in [1.54, 1.807) is 27.0 Å². The lowest BCUT2D eigenvalue weighted by Gasteiger charge is -2.20. The molecule has 5 nitrogen and oxygen atoms in total. The standard InChI is InChI=1S/C13H16ClNO4/c1-8(2)19-13(17)15(3)11-6-5-9(7-10(11)14)12(16)18-4/h5-8H,1-4H3. The molecule has 0 aliphatic carbocycles. The van der Waals surface area contributed by atoms with E-state index in [1.165, 1.54) is 24.1 Å². The van der Waals surface area contributed by atoms with Crippen molar-refractivity contribution in [3.8, 4) is 0 Å². The highest BCUT2D eigenvalue weighted by Gasteiger charge is 2.18. The Kier molecular flexibility index (Phi) is 5.18. The van der Waals surface area contributed by atoms with Crippen LogP contribution in [0, 0.1) is 0 Å². The second-order valence-corrected chi connectivity index (χ2v) is 4.56. The lowest BCUT2D eigenvalue weighted by molar-refractivity contribution is 0.0600. The van der Waals surface area contributed by atoms with E-state index in [0.717, 1.165) is 0 Å². The molecule has 104 valence electrons. The first-order valence-electron chi connectivity index (χ1n) is 5.69. The number of hydrogen-bond donors (Lipinski definition) is 0. The van der Waals surface area contributed by atoms with Crippen LogP contribution in [0.25, 0.3) is 0 Å². The molecule has 0 aliphatic heterocycles. The monoisotopic (exact) mass is 285 g/mol. The first-order valence-corrected chi connectivity index (χ1v) is 6.06. The van der Waals surface area contributed by atoms with Gasteiger partial charge in [-0.2, -0.15) is 0 Å². The average molecular weight is 286 g/mol. The van der Waals surface area contributed by atoms with E-state index >= 15 is 0 Å². The molecule has 0 aromatic heterocycles. The van der Waals surface area contributed by atoms with Gasteiger partial charge in [0.15, 0.2) is 0 Å². The third kappa shape index (κ3) is 3.86. The molecule has 0 saturated carbocycles. The van der Waals surface area contributed by atoms with Gasteiger partial charge in [-0.05, 0) is 32.0 Å². The Morgan fingerprint density at radius 3 is 2.42 bits per heavy atom. The van der Waals surface area contributed by atoms with Crippen LogP contribution in [0.3, 0.4) is 0 Å². The van der Waals surface area contributed by atoms with Crippen molar-refractivity contribution >= 4 is 29.4 Å². The van der Waals surface area contributed by atoms with Crippen molar-refractivity contribution in [2.75, 3.05) is 19.1 Å². The fourth-order valence-electron chi connectivity index (χ4n) is 1.40. The van der Waals surface area contributed by atoms with Gasteiger partial charge in [0, 0.05) is 7.05 Å². The number of methoxy groups -OCH3 is 1. The van der Waals surface area contributed by atoms with Gasteiger partial charge >= 0.3 is 12.1 Å². The van der Waals surface area contributed by atoms with Crippen LogP contribution >= 0.6 is 11.6 Å². The third-order valence-electron chi connectivity index (χ3n) is 2.34. The fourth-order valence-corrected chi connectivity index (χ4v) is 1.71. The molecule has 0 spiro atoms. The maximum atomic E-state index is 11.7. The second-order valence-electron chi connectivity index (χ2n) is 4.15. The van der Waals surface area contributed by atoms with Crippen LogP contribution < -0.4 is 4.90 Å². The first-order chi connectivity index (χ1) is 8.86. The van der Waals surface area contributed by atoms with Gasteiger partial charge in [-0.15, -0.1) is 0 Å². The van der Waals surface area contributed by atoms with E-state index in [4.69, 9.17) is 16.3 Å². The summed E-state index contributed by atoms with van der Waals surface area (Å²) in [6, 6.07) is 4.55. The zero-order valence-electron chi connectivity index (χ0n) is 11.3. The quantitative estimate of drug-likeness (QED) is 0.801. The molecule has 1 aromatic carbocycles. The number of carbonyl (C=O) groups is 2. The number of esters is 1. The molecule has 0 radical (unpaired) electrons. The molecule has 0 N–H and O–H groups in total. The summed E-state index contributed by atoms with van der Waals surface area (Å²) < 4.78 is 9.65. The van der Waals surface area contributed by atoms with E-state index in [9.17, 15) is 9.59 Å². The molecule has 0 unspecified atom stereocenters. The minimum Gasteiger partial charge on any atom is -0.465 e. The Bertz CT molecular complexity index is 488. The van der Waals surface area contributed by atoms with Crippen LogP contribution in [0.15, 0.2) is 18.2 Å². The zero-order valence-corrected chi connectivity index (χ0v) is 12.0. The SMILES string of the molecule is COC(=O)c1ccc(N(C)C(=O)OC(C)C)c(Cl)c1. The number of nitrogens with zero attached hydrogens (tertiary/aromatic N) is 1. The summed E-state index contributed by atoms with van der Waals surface area (Å²) in [6.45, 7) is 3.52. The summed E-state index contributed by atoms with van der Waals surface area (Å²) in [4.78, 5) is 24.4. The summed E-state index contributed by atoms with van der Waals surface area (Å²) in [5, 5.41) is 0.270. The van der Waals surface area contributed by atoms with Crippen molar-refractivity contribution in [2.45, 2.75) is 20.0 Å². The molecule has 0 atom stereocenters. The maximum absolute atomic E-state index is 11.7. The molecular formula is C13H16ClNO4. The van der Waals surface area contributed by atoms with Crippen molar-refractivity contribution < 1.29 is 19.1 Å². The molecule has 0 fully saturated rings. The average Bonchev–Trinajstić information content (AvgIpc) is 2.36. The van der Waals surface area contributed by atoms with Gasteiger partial charge in [0.2, 0.25) is 0 Å². The minimum absolute atomic E-state index is 0.219. The molecule has 0 saturated heterocycles. The third-order valence-corrected chi connectivity index (χ3v) is 2.64. The Morgan fingerprint density at radius 2 is 1.95 bits per heavy atom. The number of rotatable bonds is 3. The fraction of sp³-hybridized carbons (Fsp3) is 0.385. The van der Waals surface area contributed by atoms with E-state index in [2.05, 4.69) is 4.74 Å². The van der Waals surface area contributed by atoms with Crippen LogP contribution in [0.1, 0.15) is 24.2 Å². The summed E-state index contributed by atoms with van der Waals surface area (Å²) in [5.74, 6) is -0.485. The van der Waals surface area contributed by atoms with Gasteiger partial charge in [-0.25, -0.2) is 9.59 Å².